The van der Waals surface area contributed by atoms with Crippen LogP contribution in [0.4, 0.5) is 0 Å². The summed E-state index contributed by atoms with van der Waals surface area (Å²) >= 11 is 0. The van der Waals surface area contributed by atoms with E-state index in [-0.39, 0.29) is 17.8 Å². The van der Waals surface area contributed by atoms with Gasteiger partial charge in [-0.3, -0.25) is 9.78 Å². The summed E-state index contributed by atoms with van der Waals surface area (Å²) in [5, 5.41) is 0. The molecule has 0 bridgehead atoms. The number of nitrogens with zero attached hydrogens (tertiary/aromatic N) is 1. The van der Waals surface area contributed by atoms with Gasteiger partial charge in [-0.1, -0.05) is 6.07 Å². The third-order valence-corrected chi connectivity index (χ3v) is 3.80. The normalized spacial score (nSPS) is 27.8. The number of carbonyl (C=O) groups is 1. The second kappa shape index (κ2) is 4.57. The van der Waals surface area contributed by atoms with Crippen molar-refractivity contribution >= 4 is 5.78 Å². The summed E-state index contributed by atoms with van der Waals surface area (Å²) in [5.74, 6) is 0.233. The molecule has 0 amide bonds. The van der Waals surface area contributed by atoms with Gasteiger partial charge in [-0.25, -0.2) is 0 Å². The molecular formula is C14H17NO2. The van der Waals surface area contributed by atoms with Crippen LogP contribution in [0.3, 0.4) is 0 Å². The first-order valence-electron chi connectivity index (χ1n) is 6.45. The van der Waals surface area contributed by atoms with Gasteiger partial charge < -0.3 is 4.74 Å². The Morgan fingerprint density at radius 3 is 3.12 bits per heavy atom. The molecule has 0 spiro atoms. The van der Waals surface area contributed by atoms with Crippen molar-refractivity contribution in [2.45, 2.75) is 44.1 Å². The maximum atomic E-state index is 12.4. The largest absolute Gasteiger partial charge is 0.370 e. The number of pyridine rings is 1. The summed E-state index contributed by atoms with van der Waals surface area (Å²) in [4.78, 5) is 16.8. The summed E-state index contributed by atoms with van der Waals surface area (Å²) in [7, 11) is 0. The first kappa shape index (κ1) is 10.9. The molecule has 0 N–H and O–H groups in total. The maximum absolute atomic E-state index is 12.4. The summed E-state index contributed by atoms with van der Waals surface area (Å²) in [6.45, 7) is 0.734. The quantitative estimate of drug-likeness (QED) is 0.783. The molecule has 2 aliphatic rings. The molecule has 2 heterocycles. The first-order chi connectivity index (χ1) is 8.36. The Morgan fingerprint density at radius 2 is 2.29 bits per heavy atom. The summed E-state index contributed by atoms with van der Waals surface area (Å²) in [6.07, 6.45) is 6.57. The van der Waals surface area contributed by atoms with Gasteiger partial charge in [-0.2, -0.15) is 0 Å². The standard InChI is InChI=1S/C14H17NO2/c16-14(12-5-1-2-9-17-12)11-7-6-10-4-3-8-15-13(10)11/h3-4,8,11-12H,1-2,5-7,9H2. The molecule has 0 aromatic carbocycles. The third-order valence-electron chi connectivity index (χ3n) is 3.80. The van der Waals surface area contributed by atoms with E-state index in [4.69, 9.17) is 4.74 Å². The number of ether oxygens (including phenoxy) is 1. The molecule has 3 rings (SSSR count). The van der Waals surface area contributed by atoms with Crippen LogP contribution in [0.25, 0.3) is 0 Å². The smallest absolute Gasteiger partial charge is 0.170 e. The third kappa shape index (κ3) is 2.00. The monoisotopic (exact) mass is 231 g/mol. The second-order valence-electron chi connectivity index (χ2n) is 4.90. The van der Waals surface area contributed by atoms with Crippen LogP contribution in [0.2, 0.25) is 0 Å². The van der Waals surface area contributed by atoms with Crippen LogP contribution >= 0.6 is 0 Å². The van der Waals surface area contributed by atoms with Crippen LogP contribution in [0.5, 0.6) is 0 Å². The van der Waals surface area contributed by atoms with Gasteiger partial charge in [0.05, 0.1) is 11.6 Å². The fourth-order valence-corrected chi connectivity index (χ4v) is 2.88. The van der Waals surface area contributed by atoms with Gasteiger partial charge in [0.1, 0.15) is 6.10 Å². The minimum Gasteiger partial charge on any atom is -0.370 e. The Morgan fingerprint density at radius 1 is 1.35 bits per heavy atom. The number of hydrogen-bond donors (Lipinski definition) is 0. The second-order valence-corrected chi connectivity index (χ2v) is 4.90. The molecule has 2 atom stereocenters. The lowest BCUT2D eigenvalue weighted by Gasteiger charge is -2.23. The topological polar surface area (TPSA) is 39.2 Å². The van der Waals surface area contributed by atoms with Crippen molar-refractivity contribution in [2.75, 3.05) is 6.61 Å². The van der Waals surface area contributed by atoms with Crippen LogP contribution in [0, 0.1) is 0 Å². The number of fused-ring (bicyclic) bond motifs is 1. The van der Waals surface area contributed by atoms with Gasteiger partial charge >= 0.3 is 0 Å². The molecule has 0 radical (unpaired) electrons. The highest BCUT2D eigenvalue weighted by atomic mass is 16.5. The van der Waals surface area contributed by atoms with Crippen LogP contribution in [0.1, 0.15) is 42.9 Å². The van der Waals surface area contributed by atoms with E-state index in [1.165, 1.54) is 5.56 Å². The summed E-state index contributed by atoms with van der Waals surface area (Å²) < 4.78 is 5.59. The maximum Gasteiger partial charge on any atom is 0.170 e. The number of aromatic nitrogens is 1. The van der Waals surface area contributed by atoms with E-state index in [9.17, 15) is 4.79 Å². The van der Waals surface area contributed by atoms with E-state index in [1.54, 1.807) is 6.20 Å². The highest BCUT2D eigenvalue weighted by Crippen LogP contribution is 2.34. The van der Waals surface area contributed by atoms with Crippen molar-refractivity contribution in [3.63, 3.8) is 0 Å². The number of carbonyl (C=O) groups excluding carboxylic acids is 1. The van der Waals surface area contributed by atoms with E-state index in [1.807, 2.05) is 6.07 Å². The molecule has 1 aromatic heterocycles. The molecule has 1 saturated heterocycles. The molecule has 90 valence electrons. The van der Waals surface area contributed by atoms with Crippen molar-refractivity contribution in [1.29, 1.82) is 0 Å². The minimum atomic E-state index is -0.179. The zero-order valence-electron chi connectivity index (χ0n) is 9.89. The van der Waals surface area contributed by atoms with Crippen LogP contribution in [0.15, 0.2) is 18.3 Å². The van der Waals surface area contributed by atoms with Gasteiger partial charge in [0.2, 0.25) is 0 Å². The van der Waals surface area contributed by atoms with Crippen LogP contribution in [-0.2, 0) is 16.0 Å². The predicted molar refractivity (Wildman–Crippen MR) is 63.9 cm³/mol. The average Bonchev–Trinajstić information content (AvgIpc) is 2.83. The zero-order valence-corrected chi connectivity index (χ0v) is 9.89. The summed E-state index contributed by atoms with van der Waals surface area (Å²) in [6, 6.07) is 4.03. The Balaban J connectivity index is 1.79. The SMILES string of the molecule is O=C(C1CCCCO1)C1CCc2cccnc21. The molecule has 3 heteroatoms. The Hall–Kier alpha value is -1.22. The fourth-order valence-electron chi connectivity index (χ4n) is 2.88. The van der Waals surface area contributed by atoms with Crippen LogP contribution in [-0.4, -0.2) is 23.5 Å². The molecule has 3 nitrogen and oxygen atoms in total. The van der Waals surface area contributed by atoms with Crippen LogP contribution < -0.4 is 0 Å². The number of Topliss-reactive ketones (excluding diaryl/α,β-unsaturated/α-hetero) is 1. The van der Waals surface area contributed by atoms with Crippen molar-refractivity contribution in [3.05, 3.63) is 29.6 Å². The number of hydrogen-bond acceptors (Lipinski definition) is 3. The summed E-state index contributed by atoms with van der Waals surface area (Å²) in [5.41, 5.74) is 2.23. The molecule has 2 unspecified atom stereocenters. The number of rotatable bonds is 2. The minimum absolute atomic E-state index is 0.0192. The van der Waals surface area contributed by atoms with E-state index in [0.717, 1.165) is 44.4 Å². The Kier molecular flexibility index (Phi) is 2.93. The van der Waals surface area contributed by atoms with E-state index < -0.39 is 0 Å². The molecule has 1 aliphatic carbocycles. The molecular weight excluding hydrogens is 214 g/mol. The van der Waals surface area contributed by atoms with Gasteiger partial charge in [0, 0.05) is 12.8 Å². The van der Waals surface area contributed by atoms with Gasteiger partial charge in [-0.05, 0) is 43.7 Å². The number of aryl methyl sites for hydroxylation is 1. The van der Waals surface area contributed by atoms with Crippen molar-refractivity contribution in [1.82, 2.24) is 4.98 Å². The predicted octanol–water partition coefficient (Wildman–Crippen LogP) is 2.25. The van der Waals surface area contributed by atoms with Gasteiger partial charge in [0.15, 0.2) is 5.78 Å². The first-order valence-corrected chi connectivity index (χ1v) is 6.45. The number of ketones is 1. The van der Waals surface area contributed by atoms with Crippen molar-refractivity contribution < 1.29 is 9.53 Å². The lowest BCUT2D eigenvalue weighted by atomic mass is 9.93. The molecule has 1 aliphatic heterocycles. The molecule has 1 aromatic rings. The molecule has 17 heavy (non-hydrogen) atoms. The Bertz CT molecular complexity index is 424. The van der Waals surface area contributed by atoms with E-state index in [0.29, 0.717) is 0 Å². The van der Waals surface area contributed by atoms with Crippen molar-refractivity contribution in [3.8, 4) is 0 Å². The van der Waals surface area contributed by atoms with Gasteiger partial charge in [0.25, 0.3) is 0 Å². The highest BCUT2D eigenvalue weighted by molar-refractivity contribution is 5.90. The highest BCUT2D eigenvalue weighted by Gasteiger charge is 2.35. The average molecular weight is 231 g/mol. The molecule has 0 saturated carbocycles. The zero-order chi connectivity index (χ0) is 11.7. The van der Waals surface area contributed by atoms with Crippen molar-refractivity contribution in [2.24, 2.45) is 0 Å². The van der Waals surface area contributed by atoms with E-state index >= 15 is 0 Å². The van der Waals surface area contributed by atoms with E-state index in [2.05, 4.69) is 11.1 Å². The molecule has 1 fully saturated rings. The fraction of sp³-hybridized carbons (Fsp3) is 0.571. The lowest BCUT2D eigenvalue weighted by molar-refractivity contribution is -0.134. The lowest BCUT2D eigenvalue weighted by Crippen LogP contribution is -2.32. The Labute approximate surface area is 101 Å². The van der Waals surface area contributed by atoms with Gasteiger partial charge in [-0.15, -0.1) is 0 Å².